The number of hydrogen-bond donors (Lipinski definition) is 0. The highest BCUT2D eigenvalue weighted by molar-refractivity contribution is 5.86. The van der Waals surface area contributed by atoms with Crippen molar-refractivity contribution in [2.24, 2.45) is 11.8 Å². The van der Waals surface area contributed by atoms with E-state index in [2.05, 4.69) is 0 Å². The molecule has 0 aromatic carbocycles. The van der Waals surface area contributed by atoms with Crippen molar-refractivity contribution in [2.75, 3.05) is 13.7 Å². The Kier molecular flexibility index (Phi) is 11.0. The van der Waals surface area contributed by atoms with Crippen molar-refractivity contribution >= 4 is 11.8 Å². The second-order valence-corrected chi connectivity index (χ2v) is 5.99. The summed E-state index contributed by atoms with van der Waals surface area (Å²) in [6.45, 7) is 8.95. The zero-order valence-corrected chi connectivity index (χ0v) is 15.8. The molecule has 0 radical (unpaired) electrons. The Morgan fingerprint density at radius 3 is 2.25 bits per heavy atom. The van der Waals surface area contributed by atoms with Gasteiger partial charge < -0.3 is 9.47 Å². The Morgan fingerprint density at radius 2 is 1.79 bits per heavy atom. The van der Waals surface area contributed by atoms with E-state index in [4.69, 9.17) is 9.47 Å². The van der Waals surface area contributed by atoms with E-state index in [1.807, 2.05) is 19.9 Å². The normalized spacial score (nSPS) is 15.4. The van der Waals surface area contributed by atoms with E-state index in [0.29, 0.717) is 37.2 Å². The van der Waals surface area contributed by atoms with Crippen LogP contribution < -0.4 is 0 Å². The molecular formula is C19H31FO4. The number of ether oxygens (including phenoxy) is 2. The van der Waals surface area contributed by atoms with Gasteiger partial charge in [-0.25, -0.2) is 4.39 Å². The molecule has 0 rings (SSSR count). The SMILES string of the molecule is CCOC(=O)CC(C)C(=O)C(C)C/C=C(\C/C(CC)=C(\C)F)OC. The molecule has 0 N–H and O–H groups in total. The van der Waals surface area contributed by atoms with Gasteiger partial charge in [0.05, 0.1) is 31.7 Å². The van der Waals surface area contributed by atoms with Gasteiger partial charge in [0.25, 0.3) is 0 Å². The van der Waals surface area contributed by atoms with Gasteiger partial charge in [-0.2, -0.15) is 0 Å². The van der Waals surface area contributed by atoms with Crippen LogP contribution in [-0.4, -0.2) is 25.5 Å². The Hall–Kier alpha value is -1.65. The largest absolute Gasteiger partial charge is 0.501 e. The number of Topliss-reactive ketones (excluding diaryl/α,β-unsaturated/α-hetero) is 1. The Labute approximate surface area is 145 Å². The van der Waals surface area contributed by atoms with E-state index in [9.17, 15) is 14.0 Å². The number of halogens is 1. The van der Waals surface area contributed by atoms with Gasteiger partial charge in [0.15, 0.2) is 0 Å². The monoisotopic (exact) mass is 342 g/mol. The minimum atomic E-state index is -0.377. The maximum absolute atomic E-state index is 13.4. The van der Waals surface area contributed by atoms with Crippen LogP contribution in [0.1, 0.15) is 60.3 Å². The topological polar surface area (TPSA) is 52.6 Å². The van der Waals surface area contributed by atoms with E-state index >= 15 is 0 Å². The van der Waals surface area contributed by atoms with Crippen LogP contribution in [0, 0.1) is 11.8 Å². The maximum atomic E-state index is 13.4. The molecule has 5 heteroatoms. The summed E-state index contributed by atoms with van der Waals surface area (Å²) in [5, 5.41) is 0. The van der Waals surface area contributed by atoms with Gasteiger partial charge >= 0.3 is 5.97 Å². The van der Waals surface area contributed by atoms with Gasteiger partial charge in [-0.3, -0.25) is 9.59 Å². The van der Waals surface area contributed by atoms with E-state index in [1.54, 1.807) is 21.0 Å². The molecule has 2 atom stereocenters. The summed E-state index contributed by atoms with van der Waals surface area (Å²) in [5.74, 6) is -0.482. The predicted octanol–water partition coefficient (Wildman–Crippen LogP) is 4.74. The summed E-state index contributed by atoms with van der Waals surface area (Å²) in [6, 6.07) is 0. The lowest BCUT2D eigenvalue weighted by Crippen LogP contribution is -2.22. The first-order chi connectivity index (χ1) is 11.3. The molecule has 0 fully saturated rings. The molecule has 0 aliphatic rings. The van der Waals surface area contributed by atoms with Crippen molar-refractivity contribution < 1.29 is 23.5 Å². The molecule has 0 aliphatic carbocycles. The van der Waals surface area contributed by atoms with E-state index in [-0.39, 0.29) is 35.8 Å². The molecule has 0 aromatic heterocycles. The molecule has 0 saturated heterocycles. The number of hydrogen-bond acceptors (Lipinski definition) is 4. The van der Waals surface area contributed by atoms with Crippen LogP contribution in [0.25, 0.3) is 0 Å². The highest BCUT2D eigenvalue weighted by Gasteiger charge is 2.22. The second-order valence-electron chi connectivity index (χ2n) is 5.99. The molecular weight excluding hydrogens is 311 g/mol. The van der Waals surface area contributed by atoms with Crippen molar-refractivity contribution in [3.05, 3.63) is 23.2 Å². The minimum absolute atomic E-state index is 0.0164. The molecule has 0 saturated carbocycles. The third kappa shape index (κ3) is 8.27. The Balaban J connectivity index is 4.71. The first kappa shape index (κ1) is 22.4. The molecule has 4 nitrogen and oxygen atoms in total. The smallest absolute Gasteiger partial charge is 0.306 e. The molecule has 0 aliphatic heterocycles. The first-order valence-corrected chi connectivity index (χ1v) is 8.53. The van der Waals surface area contributed by atoms with Crippen LogP contribution >= 0.6 is 0 Å². The summed E-state index contributed by atoms with van der Waals surface area (Å²) in [6.07, 6.45) is 3.46. The molecule has 2 unspecified atom stereocenters. The van der Waals surface area contributed by atoms with Crippen LogP contribution in [-0.2, 0) is 19.1 Å². The zero-order chi connectivity index (χ0) is 18.7. The van der Waals surface area contributed by atoms with Crippen LogP contribution in [0.3, 0.4) is 0 Å². The maximum Gasteiger partial charge on any atom is 0.306 e. The van der Waals surface area contributed by atoms with Gasteiger partial charge in [0, 0.05) is 18.3 Å². The Bertz CT molecular complexity index is 476. The fraction of sp³-hybridized carbons (Fsp3) is 0.684. The van der Waals surface area contributed by atoms with Gasteiger partial charge in [-0.15, -0.1) is 0 Å². The quantitative estimate of drug-likeness (QED) is 0.402. The summed E-state index contributed by atoms with van der Waals surface area (Å²) in [7, 11) is 1.54. The van der Waals surface area contributed by atoms with Gasteiger partial charge in [-0.1, -0.05) is 20.8 Å². The average molecular weight is 342 g/mol. The summed E-state index contributed by atoms with van der Waals surface area (Å²) in [4.78, 5) is 23.8. The third-order valence-electron chi connectivity index (χ3n) is 4.01. The van der Waals surface area contributed by atoms with Crippen LogP contribution in [0.2, 0.25) is 0 Å². The summed E-state index contributed by atoms with van der Waals surface area (Å²) < 4.78 is 23.5. The number of carbonyl (C=O) groups is 2. The molecule has 24 heavy (non-hydrogen) atoms. The van der Waals surface area contributed by atoms with Crippen molar-refractivity contribution in [2.45, 2.75) is 60.3 Å². The van der Waals surface area contributed by atoms with E-state index < -0.39 is 0 Å². The van der Waals surface area contributed by atoms with Gasteiger partial charge in [0.2, 0.25) is 0 Å². The van der Waals surface area contributed by atoms with Crippen molar-refractivity contribution in [1.29, 1.82) is 0 Å². The lowest BCUT2D eigenvalue weighted by molar-refractivity contribution is -0.146. The number of esters is 1. The van der Waals surface area contributed by atoms with E-state index in [1.165, 1.54) is 6.92 Å². The van der Waals surface area contributed by atoms with Crippen LogP contribution in [0.5, 0.6) is 0 Å². The molecule has 0 bridgehead atoms. The standard InChI is InChI=1S/C19H31FO4/c1-7-16(15(5)20)12-17(23-6)10-9-13(3)19(22)14(4)11-18(21)24-8-2/h10,13-14H,7-9,11-12H2,1-6H3/b16-15+,17-10+. The van der Waals surface area contributed by atoms with Crippen molar-refractivity contribution in [3.8, 4) is 0 Å². The fourth-order valence-electron chi connectivity index (χ4n) is 2.41. The van der Waals surface area contributed by atoms with Crippen LogP contribution in [0.15, 0.2) is 23.2 Å². The van der Waals surface area contributed by atoms with Crippen LogP contribution in [0.4, 0.5) is 4.39 Å². The number of allylic oxidation sites excluding steroid dienone is 3. The fourth-order valence-corrected chi connectivity index (χ4v) is 2.41. The number of carbonyl (C=O) groups excluding carboxylic acids is 2. The number of rotatable bonds is 11. The molecule has 138 valence electrons. The van der Waals surface area contributed by atoms with E-state index in [0.717, 1.165) is 0 Å². The molecule has 0 spiro atoms. The first-order valence-electron chi connectivity index (χ1n) is 8.53. The van der Waals surface area contributed by atoms with Gasteiger partial charge in [-0.05, 0) is 38.3 Å². The van der Waals surface area contributed by atoms with Crippen molar-refractivity contribution in [3.63, 3.8) is 0 Å². The lowest BCUT2D eigenvalue weighted by Gasteiger charge is -2.15. The predicted molar refractivity (Wildman–Crippen MR) is 93.0 cm³/mol. The van der Waals surface area contributed by atoms with Crippen molar-refractivity contribution in [1.82, 2.24) is 0 Å². The van der Waals surface area contributed by atoms with Gasteiger partial charge in [0.1, 0.15) is 5.78 Å². The summed E-state index contributed by atoms with van der Waals surface area (Å²) >= 11 is 0. The zero-order valence-electron chi connectivity index (χ0n) is 15.8. The minimum Gasteiger partial charge on any atom is -0.501 e. The molecule has 0 heterocycles. The highest BCUT2D eigenvalue weighted by atomic mass is 19.1. The molecule has 0 aromatic rings. The second kappa shape index (κ2) is 11.8. The summed E-state index contributed by atoms with van der Waals surface area (Å²) in [5.41, 5.74) is 0.692. The molecule has 0 amide bonds. The highest BCUT2D eigenvalue weighted by Crippen LogP contribution is 2.22. The number of methoxy groups -OCH3 is 1. The number of ketones is 1. The lowest BCUT2D eigenvalue weighted by atomic mass is 9.90. The third-order valence-corrected chi connectivity index (χ3v) is 4.01. The Morgan fingerprint density at radius 1 is 1.17 bits per heavy atom. The average Bonchev–Trinajstić information content (AvgIpc) is 2.53.